The van der Waals surface area contributed by atoms with E-state index in [1.807, 2.05) is 36.6 Å². The molecule has 0 bridgehead atoms. The second-order valence-corrected chi connectivity index (χ2v) is 9.29. The number of hydrogen-bond acceptors (Lipinski definition) is 5. The summed E-state index contributed by atoms with van der Waals surface area (Å²) in [5.74, 6) is -0.0374. The number of nitrogens with one attached hydrogen (secondary N) is 1. The van der Waals surface area contributed by atoms with Gasteiger partial charge in [0, 0.05) is 27.8 Å². The molecule has 0 aliphatic heterocycles. The number of carbonyl (C=O) groups excluding carboxylic acids is 1. The Morgan fingerprint density at radius 1 is 1.12 bits per heavy atom. The summed E-state index contributed by atoms with van der Waals surface area (Å²) in [6, 6.07) is 12.9. The zero-order valence-electron chi connectivity index (χ0n) is 14.0. The van der Waals surface area contributed by atoms with Crippen LogP contribution in [0.5, 0.6) is 0 Å². The molecule has 3 rings (SSSR count). The maximum Gasteiger partial charge on any atom is 0.234 e. The van der Waals surface area contributed by atoms with Gasteiger partial charge in [0.15, 0.2) is 0 Å². The van der Waals surface area contributed by atoms with E-state index >= 15 is 0 Å². The van der Waals surface area contributed by atoms with Crippen molar-refractivity contribution in [1.29, 1.82) is 0 Å². The zero-order valence-corrected chi connectivity index (χ0v) is 16.5. The van der Waals surface area contributed by atoms with E-state index in [0.717, 1.165) is 21.4 Å². The van der Waals surface area contributed by atoms with Crippen molar-refractivity contribution >= 4 is 44.6 Å². The molecule has 0 saturated carbocycles. The van der Waals surface area contributed by atoms with Crippen molar-refractivity contribution in [2.24, 2.45) is 0 Å². The zero-order chi connectivity index (χ0) is 18.6. The smallest absolute Gasteiger partial charge is 0.234 e. The molecule has 0 saturated heterocycles. The fourth-order valence-corrected chi connectivity index (χ4v) is 4.62. The number of hydrogen-bond donors (Lipinski definition) is 1. The molecule has 2 heterocycles. The topological polar surface area (TPSA) is 63.2 Å². The SMILES string of the molecule is Cc1ccc(C=CS(=O)(=O)NCc2ccc(C(=O)c3ccsc3)s2)cc1. The highest BCUT2D eigenvalue weighted by Gasteiger charge is 2.13. The highest BCUT2D eigenvalue weighted by Crippen LogP contribution is 2.21. The van der Waals surface area contributed by atoms with Crippen LogP contribution in [0.25, 0.3) is 6.08 Å². The molecule has 0 aliphatic rings. The van der Waals surface area contributed by atoms with Crippen LogP contribution in [0, 0.1) is 6.92 Å². The molecule has 0 amide bonds. The molecule has 7 heteroatoms. The molecule has 1 aromatic carbocycles. The molecule has 2 aromatic heterocycles. The van der Waals surface area contributed by atoms with Gasteiger partial charge in [0.05, 0.1) is 4.88 Å². The molecule has 0 radical (unpaired) electrons. The van der Waals surface area contributed by atoms with Crippen LogP contribution in [-0.2, 0) is 16.6 Å². The highest BCUT2D eigenvalue weighted by atomic mass is 32.2. The van der Waals surface area contributed by atoms with E-state index in [2.05, 4.69) is 4.72 Å². The number of sulfonamides is 1. The van der Waals surface area contributed by atoms with Gasteiger partial charge in [0.1, 0.15) is 0 Å². The standard InChI is InChI=1S/C19H17NO3S3/c1-14-2-4-15(5-3-14)9-11-26(22,23)20-12-17-6-7-18(25-17)19(21)16-8-10-24-13-16/h2-11,13,20H,12H2,1H3. The van der Waals surface area contributed by atoms with Crippen molar-refractivity contribution in [3.05, 3.63) is 85.1 Å². The van der Waals surface area contributed by atoms with Crippen molar-refractivity contribution in [3.8, 4) is 0 Å². The molecule has 4 nitrogen and oxygen atoms in total. The molecule has 0 unspecified atom stereocenters. The summed E-state index contributed by atoms with van der Waals surface area (Å²) in [5, 5.41) is 4.82. The van der Waals surface area contributed by atoms with Gasteiger partial charge in [0.25, 0.3) is 0 Å². The molecular weight excluding hydrogens is 386 g/mol. The Bertz CT molecular complexity index is 1010. The average Bonchev–Trinajstić information content (AvgIpc) is 3.31. The molecule has 0 fully saturated rings. The first-order valence-corrected chi connectivity index (χ1v) is 11.1. The molecule has 26 heavy (non-hydrogen) atoms. The summed E-state index contributed by atoms with van der Waals surface area (Å²) >= 11 is 2.77. The van der Waals surface area contributed by atoms with Crippen molar-refractivity contribution in [2.75, 3.05) is 0 Å². The van der Waals surface area contributed by atoms with Crippen molar-refractivity contribution < 1.29 is 13.2 Å². The lowest BCUT2D eigenvalue weighted by atomic mass is 10.2. The Balaban J connectivity index is 1.61. The van der Waals surface area contributed by atoms with Crippen LogP contribution in [0.3, 0.4) is 0 Å². The Hall–Kier alpha value is -2.06. The van der Waals surface area contributed by atoms with Crippen molar-refractivity contribution in [3.63, 3.8) is 0 Å². The predicted molar refractivity (Wildman–Crippen MR) is 108 cm³/mol. The highest BCUT2D eigenvalue weighted by molar-refractivity contribution is 7.92. The van der Waals surface area contributed by atoms with E-state index < -0.39 is 10.0 Å². The lowest BCUT2D eigenvalue weighted by Gasteiger charge is -2.01. The lowest BCUT2D eigenvalue weighted by Crippen LogP contribution is -2.19. The summed E-state index contributed by atoms with van der Waals surface area (Å²) in [5.41, 5.74) is 2.60. The number of carbonyl (C=O) groups is 1. The van der Waals surface area contributed by atoms with Gasteiger partial charge in [0.2, 0.25) is 15.8 Å². The van der Waals surface area contributed by atoms with E-state index in [1.165, 1.54) is 22.7 Å². The molecule has 3 aromatic rings. The summed E-state index contributed by atoms with van der Waals surface area (Å²) in [6.07, 6.45) is 1.56. The van der Waals surface area contributed by atoms with Crippen molar-refractivity contribution in [2.45, 2.75) is 13.5 Å². The normalized spacial score (nSPS) is 11.9. The minimum atomic E-state index is -3.55. The first kappa shape index (κ1) is 18.7. The van der Waals surface area contributed by atoms with Gasteiger partial charge in [-0.3, -0.25) is 4.79 Å². The van der Waals surface area contributed by atoms with E-state index in [1.54, 1.807) is 29.7 Å². The lowest BCUT2D eigenvalue weighted by molar-refractivity contribution is 0.104. The fraction of sp³-hybridized carbons (Fsp3) is 0.105. The van der Waals surface area contributed by atoms with Crippen LogP contribution >= 0.6 is 22.7 Å². The number of ketones is 1. The second kappa shape index (κ2) is 8.09. The molecule has 0 atom stereocenters. The first-order chi connectivity index (χ1) is 12.4. The number of thiophene rings is 2. The molecule has 0 aliphatic carbocycles. The Morgan fingerprint density at radius 3 is 2.58 bits per heavy atom. The van der Waals surface area contributed by atoms with Gasteiger partial charge in [-0.2, -0.15) is 11.3 Å². The summed E-state index contributed by atoms with van der Waals surface area (Å²) in [6.45, 7) is 2.13. The minimum Gasteiger partial charge on any atom is -0.288 e. The van der Waals surface area contributed by atoms with Gasteiger partial charge >= 0.3 is 0 Å². The van der Waals surface area contributed by atoms with Gasteiger partial charge in [-0.25, -0.2) is 13.1 Å². The minimum absolute atomic E-state index is 0.0374. The maximum atomic E-state index is 12.3. The van der Waals surface area contributed by atoms with Crippen LogP contribution in [-0.4, -0.2) is 14.2 Å². The van der Waals surface area contributed by atoms with E-state index in [-0.39, 0.29) is 12.3 Å². The first-order valence-electron chi connectivity index (χ1n) is 7.83. The number of aryl methyl sites for hydroxylation is 1. The Kier molecular flexibility index (Phi) is 5.83. The fourth-order valence-electron chi connectivity index (χ4n) is 2.20. The molecule has 134 valence electrons. The van der Waals surface area contributed by atoms with E-state index in [4.69, 9.17) is 0 Å². The van der Waals surface area contributed by atoms with Crippen LogP contribution < -0.4 is 4.72 Å². The van der Waals surface area contributed by atoms with Gasteiger partial charge in [-0.1, -0.05) is 29.8 Å². The number of rotatable bonds is 7. The van der Waals surface area contributed by atoms with Gasteiger partial charge < -0.3 is 0 Å². The largest absolute Gasteiger partial charge is 0.288 e. The average molecular weight is 404 g/mol. The summed E-state index contributed by atoms with van der Waals surface area (Å²) in [4.78, 5) is 13.7. The Labute approximate surface area is 160 Å². The van der Waals surface area contributed by atoms with Crippen molar-refractivity contribution in [1.82, 2.24) is 4.72 Å². The predicted octanol–water partition coefficient (Wildman–Crippen LogP) is 4.44. The quantitative estimate of drug-likeness (QED) is 0.593. The van der Waals surface area contributed by atoms with Crippen LogP contribution in [0.2, 0.25) is 0 Å². The second-order valence-electron chi connectivity index (χ2n) is 5.69. The van der Waals surface area contributed by atoms with Crippen LogP contribution in [0.15, 0.2) is 58.6 Å². The van der Waals surface area contributed by atoms with Gasteiger partial charge in [-0.15, -0.1) is 11.3 Å². The van der Waals surface area contributed by atoms with Crippen LogP contribution in [0.4, 0.5) is 0 Å². The molecule has 0 spiro atoms. The number of benzene rings is 1. The monoisotopic (exact) mass is 403 g/mol. The maximum absolute atomic E-state index is 12.3. The third-order valence-electron chi connectivity index (χ3n) is 3.63. The Morgan fingerprint density at radius 2 is 1.88 bits per heavy atom. The molecular formula is C19H17NO3S3. The van der Waals surface area contributed by atoms with Gasteiger partial charge in [-0.05, 0) is 42.1 Å². The third-order valence-corrected chi connectivity index (χ3v) is 6.44. The van der Waals surface area contributed by atoms with E-state index in [0.29, 0.717) is 10.4 Å². The summed E-state index contributed by atoms with van der Waals surface area (Å²) < 4.78 is 26.8. The summed E-state index contributed by atoms with van der Waals surface area (Å²) in [7, 11) is -3.55. The third kappa shape index (κ3) is 4.98. The molecule has 1 N–H and O–H groups in total. The van der Waals surface area contributed by atoms with E-state index in [9.17, 15) is 13.2 Å². The van der Waals surface area contributed by atoms with Crippen LogP contribution in [0.1, 0.15) is 31.2 Å².